The van der Waals surface area contributed by atoms with Crippen LogP contribution in [0.3, 0.4) is 0 Å². The summed E-state index contributed by atoms with van der Waals surface area (Å²) in [4.78, 5) is 20.2. The van der Waals surface area contributed by atoms with Crippen LogP contribution in [0.2, 0.25) is 5.15 Å². The second kappa shape index (κ2) is 6.30. The van der Waals surface area contributed by atoms with Crippen LogP contribution in [0.25, 0.3) is 5.69 Å². The Morgan fingerprint density at radius 1 is 1.21 bits per heavy atom. The van der Waals surface area contributed by atoms with Gasteiger partial charge >= 0.3 is 0 Å². The van der Waals surface area contributed by atoms with E-state index >= 15 is 0 Å². The van der Waals surface area contributed by atoms with Crippen molar-refractivity contribution in [1.29, 1.82) is 0 Å². The predicted octanol–water partition coefficient (Wildman–Crippen LogP) is 2.03. The number of hydrogen-bond acceptors (Lipinski definition) is 4. The number of aryl methyl sites for hydroxylation is 2. The van der Waals surface area contributed by atoms with Gasteiger partial charge in [-0.15, -0.1) is 0 Å². The third-order valence-corrected chi connectivity index (χ3v) is 3.75. The molecule has 0 saturated carbocycles. The van der Waals surface area contributed by atoms with E-state index in [4.69, 9.17) is 11.6 Å². The molecule has 0 N–H and O–H groups in total. The van der Waals surface area contributed by atoms with Gasteiger partial charge in [-0.25, -0.2) is 14.6 Å². The Kier molecular flexibility index (Phi) is 4.19. The first-order valence-corrected chi connectivity index (χ1v) is 7.57. The van der Waals surface area contributed by atoms with Crippen LogP contribution >= 0.6 is 11.6 Å². The number of nitrogens with zero attached hydrogens (tertiary/aromatic N) is 5. The van der Waals surface area contributed by atoms with Gasteiger partial charge in [0.2, 0.25) is 0 Å². The second-order valence-corrected chi connectivity index (χ2v) is 5.61. The average Bonchev–Trinajstić information content (AvgIpc) is 2.82. The van der Waals surface area contributed by atoms with Crippen molar-refractivity contribution in [3.63, 3.8) is 0 Å². The van der Waals surface area contributed by atoms with Gasteiger partial charge in [-0.2, -0.15) is 5.10 Å². The van der Waals surface area contributed by atoms with E-state index in [1.807, 2.05) is 18.4 Å². The summed E-state index contributed by atoms with van der Waals surface area (Å²) in [6, 6.07) is 5.00. The fraction of sp³-hybridized carbons (Fsp3) is 0.176. The van der Waals surface area contributed by atoms with E-state index in [0.717, 1.165) is 17.1 Å². The molecular weight excluding hydrogens is 326 g/mol. The molecule has 0 aromatic carbocycles. The number of hydrogen-bond donors (Lipinski definition) is 0. The molecule has 0 saturated heterocycles. The van der Waals surface area contributed by atoms with Gasteiger partial charge in [-0.1, -0.05) is 17.5 Å². The predicted molar refractivity (Wildman–Crippen MR) is 91.3 cm³/mol. The lowest BCUT2D eigenvalue weighted by molar-refractivity contribution is 0.700. The fourth-order valence-corrected chi connectivity index (χ4v) is 2.51. The molecule has 0 aliphatic rings. The van der Waals surface area contributed by atoms with Gasteiger partial charge in [0.15, 0.2) is 0 Å². The van der Waals surface area contributed by atoms with Crippen molar-refractivity contribution < 1.29 is 0 Å². The first-order valence-electron chi connectivity index (χ1n) is 7.19. The quantitative estimate of drug-likeness (QED) is 0.502. The van der Waals surface area contributed by atoms with Crippen LogP contribution in [-0.4, -0.2) is 24.3 Å². The Balaban J connectivity index is 2.04. The van der Waals surface area contributed by atoms with Gasteiger partial charge in [0, 0.05) is 24.9 Å². The molecule has 0 unspecified atom stereocenters. The van der Waals surface area contributed by atoms with Crippen LogP contribution in [0.4, 0.5) is 0 Å². The van der Waals surface area contributed by atoms with E-state index in [1.54, 1.807) is 31.6 Å². The van der Waals surface area contributed by atoms with Crippen molar-refractivity contribution in [2.45, 2.75) is 13.8 Å². The van der Waals surface area contributed by atoms with E-state index in [0.29, 0.717) is 16.5 Å². The molecule has 3 rings (SSSR count). The lowest BCUT2D eigenvalue weighted by Crippen LogP contribution is -2.19. The Morgan fingerprint density at radius 2 is 2.00 bits per heavy atom. The molecule has 0 aliphatic heterocycles. The zero-order chi connectivity index (χ0) is 17.3. The molecule has 120 valence electrons. The van der Waals surface area contributed by atoms with Gasteiger partial charge in [0.1, 0.15) is 16.7 Å². The van der Waals surface area contributed by atoms with Crippen LogP contribution in [-0.2, 0) is 7.05 Å². The van der Waals surface area contributed by atoms with Crippen molar-refractivity contribution >= 4 is 11.6 Å². The minimum absolute atomic E-state index is 0.181. The highest BCUT2D eigenvalue weighted by atomic mass is 35.5. The Hall–Kier alpha value is -2.91. The van der Waals surface area contributed by atoms with Crippen molar-refractivity contribution in [3.05, 3.63) is 68.9 Å². The zero-order valence-corrected chi connectivity index (χ0v) is 14.2. The topological polar surface area (TPSA) is 65.6 Å². The van der Waals surface area contributed by atoms with Crippen LogP contribution in [0.1, 0.15) is 22.8 Å². The van der Waals surface area contributed by atoms with Crippen molar-refractivity contribution in [2.75, 3.05) is 0 Å². The summed E-state index contributed by atoms with van der Waals surface area (Å²) < 4.78 is 3.14. The molecule has 0 spiro atoms. The average molecular weight is 340 g/mol. The number of aromatic nitrogens is 5. The molecule has 0 bridgehead atoms. The zero-order valence-electron chi connectivity index (χ0n) is 13.4. The smallest absolute Gasteiger partial charge is 0.268 e. The first kappa shape index (κ1) is 16.0. The summed E-state index contributed by atoms with van der Waals surface area (Å²) in [5.74, 6) is 6.80. The minimum Gasteiger partial charge on any atom is -0.298 e. The highest BCUT2D eigenvalue weighted by Gasteiger charge is 2.12. The highest BCUT2D eigenvalue weighted by molar-refractivity contribution is 6.29. The Morgan fingerprint density at radius 3 is 2.71 bits per heavy atom. The summed E-state index contributed by atoms with van der Waals surface area (Å²) in [6.07, 6.45) is 3.23. The van der Waals surface area contributed by atoms with Gasteiger partial charge < -0.3 is 0 Å². The Labute approximate surface area is 143 Å². The van der Waals surface area contributed by atoms with E-state index in [2.05, 4.69) is 26.9 Å². The van der Waals surface area contributed by atoms with Crippen LogP contribution in [0.15, 0.2) is 35.4 Å². The van der Waals surface area contributed by atoms with E-state index in [1.165, 1.54) is 10.7 Å². The molecule has 0 fully saturated rings. The maximum absolute atomic E-state index is 11.8. The molecule has 0 radical (unpaired) electrons. The largest absolute Gasteiger partial charge is 0.298 e. The van der Waals surface area contributed by atoms with Gasteiger partial charge in [0.05, 0.1) is 17.6 Å². The van der Waals surface area contributed by atoms with Gasteiger partial charge in [-0.05, 0) is 31.9 Å². The molecule has 3 aromatic rings. The normalized spacial score (nSPS) is 10.3. The first-order chi connectivity index (χ1) is 11.5. The molecule has 24 heavy (non-hydrogen) atoms. The molecule has 7 heteroatoms. The molecule has 3 aromatic heterocycles. The minimum atomic E-state index is -0.181. The van der Waals surface area contributed by atoms with Crippen LogP contribution < -0.4 is 5.56 Å². The van der Waals surface area contributed by atoms with Crippen LogP contribution in [0.5, 0.6) is 0 Å². The lowest BCUT2D eigenvalue weighted by Gasteiger charge is -2.07. The van der Waals surface area contributed by atoms with Crippen molar-refractivity contribution in [3.8, 4) is 17.5 Å². The molecule has 0 amide bonds. The van der Waals surface area contributed by atoms with Crippen LogP contribution in [0, 0.1) is 25.7 Å². The lowest BCUT2D eigenvalue weighted by atomic mass is 10.2. The monoisotopic (exact) mass is 339 g/mol. The molecule has 0 aliphatic carbocycles. The van der Waals surface area contributed by atoms with Crippen molar-refractivity contribution in [2.24, 2.45) is 7.05 Å². The summed E-state index contributed by atoms with van der Waals surface area (Å²) in [6.45, 7) is 3.76. The summed E-state index contributed by atoms with van der Waals surface area (Å²) in [7, 11) is 1.61. The molecule has 3 heterocycles. The Bertz CT molecular complexity index is 1040. The molecular formula is C17H14ClN5O. The maximum atomic E-state index is 11.8. The summed E-state index contributed by atoms with van der Waals surface area (Å²) in [5, 5.41) is 4.44. The summed E-state index contributed by atoms with van der Waals surface area (Å²) >= 11 is 5.86. The van der Waals surface area contributed by atoms with Crippen molar-refractivity contribution in [1.82, 2.24) is 24.3 Å². The highest BCUT2D eigenvalue weighted by Crippen LogP contribution is 2.15. The number of imidazole rings is 1. The third-order valence-electron chi connectivity index (χ3n) is 3.54. The maximum Gasteiger partial charge on any atom is 0.268 e. The number of rotatable bonds is 1. The standard InChI is InChI=1S/C17H14ClN5O/c1-11-15(5-4-13-6-7-19-16(18)8-13)21-12(2)23(11)14-9-17(24)22(3)20-10-14/h6-10H,1-3H3. The number of pyridine rings is 1. The van der Waals surface area contributed by atoms with E-state index in [9.17, 15) is 4.79 Å². The third kappa shape index (κ3) is 3.07. The van der Waals surface area contributed by atoms with E-state index in [-0.39, 0.29) is 5.56 Å². The van der Waals surface area contributed by atoms with Gasteiger partial charge in [0.25, 0.3) is 5.56 Å². The number of halogens is 1. The van der Waals surface area contributed by atoms with E-state index < -0.39 is 0 Å². The molecule has 0 atom stereocenters. The SMILES string of the molecule is Cc1nc(C#Cc2ccnc(Cl)c2)c(C)n1-c1cnn(C)c(=O)c1. The molecule has 6 nitrogen and oxygen atoms in total. The fourth-order valence-electron chi connectivity index (χ4n) is 2.33. The summed E-state index contributed by atoms with van der Waals surface area (Å²) in [5.41, 5.74) is 2.73. The van der Waals surface area contributed by atoms with Gasteiger partial charge in [-0.3, -0.25) is 9.36 Å². The second-order valence-electron chi connectivity index (χ2n) is 5.22.